The van der Waals surface area contributed by atoms with Gasteiger partial charge in [-0.2, -0.15) is 0 Å². The molecule has 0 radical (unpaired) electrons. The molecule has 0 aliphatic rings. The summed E-state index contributed by atoms with van der Waals surface area (Å²) in [6, 6.07) is 3.20. The second-order valence-corrected chi connectivity index (χ2v) is 3.45. The van der Waals surface area contributed by atoms with E-state index in [0.717, 1.165) is 0 Å². The number of nitrogens with zero attached hydrogens (tertiary/aromatic N) is 2. The largest absolute Gasteiger partial charge is 0.481 e. The summed E-state index contributed by atoms with van der Waals surface area (Å²) in [5, 5.41) is 16.2. The highest BCUT2D eigenvalue weighted by molar-refractivity contribution is 5.68. The second kappa shape index (κ2) is 4.22. The molecule has 1 aromatic heterocycles. The summed E-state index contributed by atoms with van der Waals surface area (Å²) in [6.45, 7) is 1.59. The summed E-state index contributed by atoms with van der Waals surface area (Å²) < 4.78 is 4.83. The van der Waals surface area contributed by atoms with Crippen LogP contribution >= 0.6 is 0 Å². The molecule has 6 heteroatoms. The summed E-state index contributed by atoms with van der Waals surface area (Å²) in [5.74, 6) is -0.609. The van der Waals surface area contributed by atoms with Gasteiger partial charge in [0.25, 0.3) is 0 Å². The Morgan fingerprint density at radius 2 is 2.27 bits per heavy atom. The van der Waals surface area contributed by atoms with E-state index >= 15 is 0 Å². The van der Waals surface area contributed by atoms with Gasteiger partial charge in [-0.05, 0) is 13.0 Å². The molecule has 0 bridgehead atoms. The molecule has 15 heavy (non-hydrogen) atoms. The van der Waals surface area contributed by atoms with Crippen LogP contribution < -0.4 is 10.5 Å². The van der Waals surface area contributed by atoms with E-state index in [1.165, 1.54) is 7.11 Å². The Hall–Kier alpha value is -1.69. The summed E-state index contributed by atoms with van der Waals surface area (Å²) in [4.78, 5) is 10.6. The highest BCUT2D eigenvalue weighted by Crippen LogP contribution is 2.19. The molecule has 1 rings (SSSR count). The number of hydrogen-bond acceptors (Lipinski definition) is 5. The van der Waals surface area contributed by atoms with Crippen LogP contribution in [0.1, 0.15) is 19.0 Å². The number of rotatable bonds is 4. The number of aliphatic carboxylic acids is 1. The first-order valence-corrected chi connectivity index (χ1v) is 4.34. The molecule has 0 unspecified atom stereocenters. The van der Waals surface area contributed by atoms with Gasteiger partial charge in [-0.15, -0.1) is 10.2 Å². The molecule has 3 N–H and O–H groups in total. The quantitative estimate of drug-likeness (QED) is 0.734. The zero-order valence-electron chi connectivity index (χ0n) is 8.60. The zero-order chi connectivity index (χ0) is 11.5. The Kier molecular flexibility index (Phi) is 3.21. The lowest BCUT2D eigenvalue weighted by atomic mass is 9.95. The fraction of sp³-hybridized carbons (Fsp3) is 0.444. The fourth-order valence-electron chi connectivity index (χ4n) is 1.14. The van der Waals surface area contributed by atoms with Gasteiger partial charge in [-0.3, -0.25) is 4.79 Å². The molecule has 0 aromatic carbocycles. The predicted molar refractivity (Wildman–Crippen MR) is 52.4 cm³/mol. The smallest absolute Gasteiger partial charge is 0.305 e. The van der Waals surface area contributed by atoms with E-state index in [0.29, 0.717) is 11.6 Å². The number of carboxylic acid groups (broad SMARTS) is 1. The number of hydrogen-bond donors (Lipinski definition) is 2. The fourth-order valence-corrected chi connectivity index (χ4v) is 1.14. The number of nitrogens with two attached hydrogens (primary N) is 1. The minimum absolute atomic E-state index is 0.200. The van der Waals surface area contributed by atoms with Crippen molar-refractivity contribution in [2.45, 2.75) is 18.9 Å². The van der Waals surface area contributed by atoms with Crippen LogP contribution in [0.15, 0.2) is 12.1 Å². The van der Waals surface area contributed by atoms with Crippen LogP contribution in [0.25, 0.3) is 0 Å². The van der Waals surface area contributed by atoms with Crippen molar-refractivity contribution in [1.82, 2.24) is 10.2 Å². The van der Waals surface area contributed by atoms with E-state index in [4.69, 9.17) is 15.6 Å². The van der Waals surface area contributed by atoms with Gasteiger partial charge in [0.05, 0.1) is 24.8 Å². The SMILES string of the molecule is COc1ccc([C@@](C)(N)CC(=O)O)nn1. The number of methoxy groups -OCH3 is 1. The summed E-state index contributed by atoms with van der Waals surface area (Å²) >= 11 is 0. The van der Waals surface area contributed by atoms with Gasteiger partial charge in [0, 0.05) is 6.07 Å². The maximum absolute atomic E-state index is 10.6. The van der Waals surface area contributed by atoms with Gasteiger partial charge in [0.1, 0.15) is 0 Å². The molecular weight excluding hydrogens is 198 g/mol. The van der Waals surface area contributed by atoms with Crippen molar-refractivity contribution in [3.8, 4) is 5.88 Å². The maximum atomic E-state index is 10.6. The number of ether oxygens (including phenoxy) is 1. The van der Waals surface area contributed by atoms with E-state index in [9.17, 15) is 4.79 Å². The molecule has 0 aliphatic carbocycles. The van der Waals surface area contributed by atoms with Gasteiger partial charge in [-0.25, -0.2) is 0 Å². The predicted octanol–water partition coefficient (Wildman–Crippen LogP) is 0.134. The average molecular weight is 211 g/mol. The normalized spacial score (nSPS) is 14.3. The van der Waals surface area contributed by atoms with E-state index < -0.39 is 11.5 Å². The van der Waals surface area contributed by atoms with E-state index in [-0.39, 0.29) is 6.42 Å². The molecule has 6 nitrogen and oxygen atoms in total. The van der Waals surface area contributed by atoms with Gasteiger partial charge in [0.2, 0.25) is 5.88 Å². The van der Waals surface area contributed by atoms with Crippen molar-refractivity contribution < 1.29 is 14.6 Å². The molecule has 0 fully saturated rings. The summed E-state index contributed by atoms with van der Waals surface area (Å²) in [7, 11) is 1.47. The van der Waals surface area contributed by atoms with Crippen LogP contribution in [0.3, 0.4) is 0 Å². The highest BCUT2D eigenvalue weighted by Gasteiger charge is 2.26. The monoisotopic (exact) mass is 211 g/mol. The molecule has 0 amide bonds. The lowest BCUT2D eigenvalue weighted by Gasteiger charge is -2.20. The number of carbonyl (C=O) groups is 1. The first kappa shape index (κ1) is 11.4. The Labute approximate surface area is 87.1 Å². The van der Waals surface area contributed by atoms with Crippen molar-refractivity contribution >= 4 is 5.97 Å². The Balaban J connectivity index is 2.89. The third-order valence-electron chi connectivity index (χ3n) is 1.95. The molecule has 0 aliphatic heterocycles. The van der Waals surface area contributed by atoms with E-state index in [2.05, 4.69) is 10.2 Å². The first-order chi connectivity index (χ1) is 6.95. The third-order valence-corrected chi connectivity index (χ3v) is 1.95. The molecule has 0 saturated heterocycles. The Morgan fingerprint density at radius 3 is 2.67 bits per heavy atom. The Bertz CT molecular complexity index is 348. The topological polar surface area (TPSA) is 98.3 Å². The molecule has 0 spiro atoms. The van der Waals surface area contributed by atoms with E-state index in [1.807, 2.05) is 0 Å². The van der Waals surface area contributed by atoms with E-state index in [1.54, 1.807) is 19.1 Å². The van der Waals surface area contributed by atoms with Crippen molar-refractivity contribution in [2.75, 3.05) is 7.11 Å². The van der Waals surface area contributed by atoms with Crippen LogP contribution in [0, 0.1) is 0 Å². The molecule has 1 aromatic rings. The van der Waals surface area contributed by atoms with Crippen LogP contribution in [0.4, 0.5) is 0 Å². The Morgan fingerprint density at radius 1 is 1.60 bits per heavy atom. The second-order valence-electron chi connectivity index (χ2n) is 3.45. The summed E-state index contributed by atoms with van der Waals surface area (Å²) in [5.41, 5.74) is 5.21. The van der Waals surface area contributed by atoms with Gasteiger partial charge < -0.3 is 15.6 Å². The number of carboxylic acids is 1. The van der Waals surface area contributed by atoms with Crippen molar-refractivity contribution in [3.05, 3.63) is 17.8 Å². The van der Waals surface area contributed by atoms with Crippen LogP contribution in [-0.4, -0.2) is 28.4 Å². The molecular formula is C9H13N3O3. The summed E-state index contributed by atoms with van der Waals surface area (Å²) in [6.07, 6.45) is -0.200. The molecule has 82 valence electrons. The van der Waals surface area contributed by atoms with Gasteiger partial charge in [0.15, 0.2) is 0 Å². The standard InChI is InChI=1S/C9H13N3O3/c1-9(10,5-8(13)14)6-3-4-7(15-2)12-11-6/h3-4H,5,10H2,1-2H3,(H,13,14)/t9-/m0/s1. The molecule has 0 saturated carbocycles. The van der Waals surface area contributed by atoms with Gasteiger partial charge in [-0.1, -0.05) is 0 Å². The number of aromatic nitrogens is 2. The minimum Gasteiger partial charge on any atom is -0.481 e. The maximum Gasteiger partial charge on any atom is 0.305 e. The highest BCUT2D eigenvalue weighted by atomic mass is 16.5. The van der Waals surface area contributed by atoms with Gasteiger partial charge >= 0.3 is 5.97 Å². The van der Waals surface area contributed by atoms with Crippen molar-refractivity contribution in [3.63, 3.8) is 0 Å². The first-order valence-electron chi connectivity index (χ1n) is 4.34. The molecule has 1 heterocycles. The average Bonchev–Trinajstić information content (AvgIpc) is 2.16. The van der Waals surface area contributed by atoms with Crippen LogP contribution in [0.5, 0.6) is 5.88 Å². The van der Waals surface area contributed by atoms with Crippen molar-refractivity contribution in [2.24, 2.45) is 5.73 Å². The van der Waals surface area contributed by atoms with Crippen LogP contribution in [0.2, 0.25) is 0 Å². The minimum atomic E-state index is -1.02. The third kappa shape index (κ3) is 2.88. The molecule has 1 atom stereocenters. The van der Waals surface area contributed by atoms with Crippen LogP contribution in [-0.2, 0) is 10.3 Å². The lowest BCUT2D eigenvalue weighted by molar-refractivity contribution is -0.138. The zero-order valence-corrected chi connectivity index (χ0v) is 8.60. The van der Waals surface area contributed by atoms with Crippen molar-refractivity contribution in [1.29, 1.82) is 0 Å². The lowest BCUT2D eigenvalue weighted by Crippen LogP contribution is -2.36.